The lowest BCUT2D eigenvalue weighted by Crippen LogP contribution is -2.49. The largest absolute Gasteiger partial charge is 0.440 e. The first-order chi connectivity index (χ1) is 22.2. The Bertz CT molecular complexity index is 1830. The van der Waals surface area contributed by atoms with Crippen LogP contribution in [-0.4, -0.2) is 62.4 Å². The zero-order valence-electron chi connectivity index (χ0n) is 25.6. The molecule has 0 bridgehead atoms. The van der Waals surface area contributed by atoms with Crippen molar-refractivity contribution in [1.29, 1.82) is 0 Å². The number of alkyl halides is 3. The van der Waals surface area contributed by atoms with Gasteiger partial charge in [0.2, 0.25) is 5.91 Å². The van der Waals surface area contributed by atoms with Gasteiger partial charge in [0.05, 0.1) is 11.3 Å². The number of fused-ring (bicyclic) bond motifs is 1. The topological polar surface area (TPSA) is 154 Å². The molecule has 2 fully saturated rings. The summed E-state index contributed by atoms with van der Waals surface area (Å²) in [6.45, 7) is 5.53. The fraction of sp³-hybridized carbons (Fsp3) is 0.375. The van der Waals surface area contributed by atoms with Crippen LogP contribution in [0.5, 0.6) is 0 Å². The summed E-state index contributed by atoms with van der Waals surface area (Å²) in [6.07, 6.45) is -1.22. The van der Waals surface area contributed by atoms with Gasteiger partial charge in [-0.05, 0) is 69.6 Å². The summed E-state index contributed by atoms with van der Waals surface area (Å²) in [5.41, 5.74) is -0.730. The van der Waals surface area contributed by atoms with Gasteiger partial charge in [0.25, 0.3) is 5.91 Å². The number of benzene rings is 1. The molecular formula is C32H32F3N7O5. The molecule has 2 aliphatic heterocycles. The third kappa shape index (κ3) is 7.10. The van der Waals surface area contributed by atoms with E-state index in [1.165, 1.54) is 30.9 Å². The van der Waals surface area contributed by atoms with Crippen molar-refractivity contribution in [2.24, 2.45) is 0 Å². The number of amides is 4. The minimum Gasteiger partial charge on any atom is -0.440 e. The summed E-state index contributed by atoms with van der Waals surface area (Å²) in [6, 6.07) is 9.39. The maximum absolute atomic E-state index is 13.1. The zero-order valence-corrected chi connectivity index (χ0v) is 25.6. The van der Waals surface area contributed by atoms with E-state index in [4.69, 9.17) is 4.42 Å². The van der Waals surface area contributed by atoms with Crippen LogP contribution in [0.1, 0.15) is 72.2 Å². The third-order valence-electron chi connectivity index (χ3n) is 8.21. The van der Waals surface area contributed by atoms with Gasteiger partial charge < -0.3 is 14.8 Å². The van der Waals surface area contributed by atoms with Crippen molar-refractivity contribution in [2.45, 2.75) is 57.3 Å². The molecule has 15 heteroatoms. The maximum Gasteiger partial charge on any atom is 0.433 e. The van der Waals surface area contributed by atoms with Crippen molar-refractivity contribution in [3.05, 3.63) is 77.1 Å². The summed E-state index contributed by atoms with van der Waals surface area (Å²) in [4.78, 5) is 52.7. The van der Waals surface area contributed by atoms with E-state index in [-0.39, 0.29) is 30.5 Å². The molecule has 0 spiro atoms. The van der Waals surface area contributed by atoms with Crippen molar-refractivity contribution >= 4 is 40.5 Å². The van der Waals surface area contributed by atoms with Crippen molar-refractivity contribution in [2.75, 3.05) is 29.9 Å². The molecule has 3 aromatic heterocycles. The van der Waals surface area contributed by atoms with E-state index in [9.17, 15) is 32.7 Å². The second-order valence-electron chi connectivity index (χ2n) is 12.2. The minimum atomic E-state index is -4.71. The number of nitrogens with zero attached hydrogens (tertiary/aromatic N) is 5. The van der Waals surface area contributed by atoms with E-state index >= 15 is 0 Å². The molecular weight excluding hydrogens is 619 g/mol. The number of carbonyl (C=O) groups is 3. The van der Waals surface area contributed by atoms with Gasteiger partial charge in [0.15, 0.2) is 11.5 Å². The molecule has 0 saturated carbocycles. The Kier molecular flexibility index (Phi) is 8.44. The highest BCUT2D eigenvalue weighted by atomic mass is 19.4. The standard InChI is InChI=1S/C32H32F3N7O5/c1-31(2,46)20-14-23-24(15-22(20)38-28(44)21-4-3-5-25(37-21)32(33,34)35)47-29(39-23)19-8-11-41(12-9-19)17-18-6-7-26(36-16-18)42-13-10-27(43)40-30(42)45/h3-7,14-16,19,46H,8-13,17H2,1-2H3,(H,38,44)(H,40,43,45). The molecule has 3 N–H and O–H groups in total. The van der Waals surface area contributed by atoms with E-state index in [0.29, 0.717) is 34.9 Å². The van der Waals surface area contributed by atoms with Crippen LogP contribution in [0.15, 0.2) is 53.1 Å². The number of nitrogens with one attached hydrogen (secondary N) is 2. The van der Waals surface area contributed by atoms with Gasteiger partial charge in [0.1, 0.15) is 22.7 Å². The first-order valence-corrected chi connectivity index (χ1v) is 15.1. The Morgan fingerprint density at radius 3 is 2.51 bits per heavy atom. The van der Waals surface area contributed by atoms with E-state index in [1.54, 1.807) is 18.3 Å². The van der Waals surface area contributed by atoms with E-state index in [0.717, 1.165) is 43.6 Å². The molecule has 0 atom stereocenters. The number of piperidine rings is 1. The number of urea groups is 1. The first kappa shape index (κ1) is 32.1. The van der Waals surface area contributed by atoms with E-state index < -0.39 is 35.1 Å². The number of aliphatic hydroxyl groups is 1. The third-order valence-corrected chi connectivity index (χ3v) is 8.21. The lowest BCUT2D eigenvalue weighted by molar-refractivity contribution is -0.141. The van der Waals surface area contributed by atoms with Crippen LogP contribution >= 0.6 is 0 Å². The van der Waals surface area contributed by atoms with Gasteiger partial charge in [-0.2, -0.15) is 13.2 Å². The predicted octanol–water partition coefficient (Wildman–Crippen LogP) is 4.94. The van der Waals surface area contributed by atoms with Crippen molar-refractivity contribution in [1.82, 2.24) is 25.2 Å². The fourth-order valence-electron chi connectivity index (χ4n) is 5.73. The van der Waals surface area contributed by atoms with E-state index in [2.05, 4.69) is 30.5 Å². The Morgan fingerprint density at radius 2 is 1.85 bits per heavy atom. The molecule has 47 heavy (non-hydrogen) atoms. The SMILES string of the molecule is CC(C)(O)c1cc2nc(C3CCN(Cc4ccc(N5CCC(=O)NC5=O)nc4)CC3)oc2cc1NC(=O)c1cccc(C(F)(F)F)n1. The number of aromatic nitrogens is 3. The van der Waals surface area contributed by atoms with Crippen LogP contribution in [-0.2, 0) is 23.1 Å². The number of carbonyl (C=O) groups excluding carboxylic acids is 3. The number of halogens is 3. The monoisotopic (exact) mass is 651 g/mol. The lowest BCUT2D eigenvalue weighted by Gasteiger charge is -2.30. The van der Waals surface area contributed by atoms with Crippen molar-refractivity contribution < 1.29 is 37.1 Å². The molecule has 4 aromatic rings. The van der Waals surface area contributed by atoms with Gasteiger partial charge in [-0.3, -0.25) is 24.7 Å². The highest BCUT2D eigenvalue weighted by Gasteiger charge is 2.33. The molecule has 2 aliphatic rings. The maximum atomic E-state index is 13.1. The highest BCUT2D eigenvalue weighted by molar-refractivity contribution is 6.05. The van der Waals surface area contributed by atoms with Gasteiger partial charge in [-0.15, -0.1) is 0 Å². The number of likely N-dealkylation sites (tertiary alicyclic amines) is 1. The average Bonchev–Trinajstić information content (AvgIpc) is 3.44. The number of anilines is 2. The van der Waals surface area contributed by atoms with Crippen molar-refractivity contribution in [3.63, 3.8) is 0 Å². The smallest absolute Gasteiger partial charge is 0.433 e. The summed E-state index contributed by atoms with van der Waals surface area (Å²) in [5.74, 6) is -0.139. The number of rotatable bonds is 7. The summed E-state index contributed by atoms with van der Waals surface area (Å²) < 4.78 is 45.6. The zero-order chi connectivity index (χ0) is 33.5. The molecule has 4 amide bonds. The number of hydrogen-bond donors (Lipinski definition) is 3. The van der Waals surface area contributed by atoms with Gasteiger partial charge in [-0.25, -0.2) is 19.7 Å². The highest BCUT2D eigenvalue weighted by Crippen LogP contribution is 2.36. The Labute approximate surface area is 267 Å². The van der Waals surface area contributed by atoms with Crippen LogP contribution in [0.4, 0.5) is 29.5 Å². The number of hydrogen-bond acceptors (Lipinski definition) is 9. The van der Waals surface area contributed by atoms with E-state index in [1.807, 2.05) is 6.07 Å². The molecule has 12 nitrogen and oxygen atoms in total. The molecule has 6 rings (SSSR count). The molecule has 246 valence electrons. The normalized spacial score (nSPS) is 16.9. The van der Waals surface area contributed by atoms with Crippen LogP contribution in [0.3, 0.4) is 0 Å². The van der Waals surface area contributed by atoms with Gasteiger partial charge in [-0.1, -0.05) is 12.1 Å². The lowest BCUT2D eigenvalue weighted by atomic mass is 9.95. The number of pyridine rings is 2. The number of imide groups is 1. The summed E-state index contributed by atoms with van der Waals surface area (Å²) in [7, 11) is 0. The van der Waals surface area contributed by atoms with Crippen LogP contribution in [0.2, 0.25) is 0 Å². The summed E-state index contributed by atoms with van der Waals surface area (Å²) >= 11 is 0. The molecule has 0 aliphatic carbocycles. The molecule has 0 unspecified atom stereocenters. The Hall–Kier alpha value is -4.89. The van der Waals surface area contributed by atoms with Crippen LogP contribution in [0, 0.1) is 0 Å². The van der Waals surface area contributed by atoms with Crippen LogP contribution < -0.4 is 15.5 Å². The fourth-order valence-corrected chi connectivity index (χ4v) is 5.73. The Balaban J connectivity index is 1.12. The van der Waals surface area contributed by atoms with Crippen LogP contribution in [0.25, 0.3) is 11.1 Å². The Morgan fingerprint density at radius 1 is 1.09 bits per heavy atom. The molecule has 1 aromatic carbocycles. The quantitative estimate of drug-likeness (QED) is 0.252. The molecule has 2 saturated heterocycles. The van der Waals surface area contributed by atoms with Gasteiger partial charge >= 0.3 is 12.2 Å². The second-order valence-corrected chi connectivity index (χ2v) is 12.2. The number of oxazole rings is 1. The van der Waals surface area contributed by atoms with Crippen molar-refractivity contribution in [3.8, 4) is 0 Å². The average molecular weight is 652 g/mol. The van der Waals surface area contributed by atoms with Gasteiger partial charge in [0, 0.05) is 43.3 Å². The predicted molar refractivity (Wildman–Crippen MR) is 163 cm³/mol. The molecule has 0 radical (unpaired) electrons. The first-order valence-electron chi connectivity index (χ1n) is 15.1. The summed E-state index contributed by atoms with van der Waals surface area (Å²) in [5, 5.41) is 15.7. The second kappa shape index (κ2) is 12.4. The minimum absolute atomic E-state index is 0.0254. The molecule has 5 heterocycles.